The first-order valence-corrected chi connectivity index (χ1v) is 35.5. The SMILES string of the molecule is CCCCCCCCCCCC(=O)O[C@H]1CC2C[C@H](c3ccc4ccccc4c3)[C@@H](/C(CC)=N/OC)C1N2CCCN(CCSC(c1ccccc1)(c1ccccc1)c1ccccc1)CC(=O)NCCSC(c1ccccc1)(c1ccccc1)c1ccccc1. The maximum Gasteiger partial charge on any atom is 0.306 e. The van der Waals surface area contributed by atoms with E-state index >= 15 is 0 Å². The molecular formula is C80H94N4O4S2. The molecule has 0 aromatic heterocycles. The van der Waals surface area contributed by atoms with Gasteiger partial charge in [-0.05, 0) is 87.9 Å². The summed E-state index contributed by atoms with van der Waals surface area (Å²) in [6.07, 6.45) is 14.2. The number of amides is 1. The molecule has 2 aliphatic rings. The molecule has 90 heavy (non-hydrogen) atoms. The number of piperidine rings is 1. The van der Waals surface area contributed by atoms with Gasteiger partial charge in [0.2, 0.25) is 5.91 Å². The lowest BCUT2D eigenvalue weighted by Gasteiger charge is -2.46. The first kappa shape index (κ1) is 66.0. The van der Waals surface area contributed by atoms with E-state index in [1.165, 1.54) is 88.2 Å². The molecule has 0 spiro atoms. The van der Waals surface area contributed by atoms with E-state index in [0.29, 0.717) is 31.8 Å². The fraction of sp³-hybridized carbons (Fsp3) is 0.388. The second-order valence-electron chi connectivity index (χ2n) is 24.6. The Hall–Kier alpha value is -6.95. The molecule has 8 nitrogen and oxygen atoms in total. The van der Waals surface area contributed by atoms with Crippen molar-refractivity contribution >= 4 is 51.9 Å². The van der Waals surface area contributed by atoms with E-state index in [-0.39, 0.29) is 48.4 Å². The topological polar surface area (TPSA) is 83.5 Å². The van der Waals surface area contributed by atoms with E-state index in [2.05, 4.69) is 253 Å². The molecule has 0 aliphatic carbocycles. The number of oxime groups is 1. The van der Waals surface area contributed by atoms with Crippen LogP contribution in [0, 0.1) is 5.92 Å². The van der Waals surface area contributed by atoms with Crippen molar-refractivity contribution in [2.75, 3.05) is 51.3 Å². The van der Waals surface area contributed by atoms with E-state index in [1.54, 1.807) is 7.11 Å². The number of rotatable bonds is 35. The predicted octanol–water partition coefficient (Wildman–Crippen LogP) is 17.9. The molecule has 10 rings (SSSR count). The van der Waals surface area contributed by atoms with Crippen molar-refractivity contribution in [1.29, 1.82) is 0 Å². The normalized spacial score (nSPS) is 17.8. The Morgan fingerprint density at radius 1 is 0.556 bits per heavy atom. The standard InChI is InChI=1S/C80H94N4O4S2/c1-4-6-7-8-9-10-11-12-31-49-76(86)88-74-60-71-59-72(64-51-50-62-35-32-33-36-63(62)58-64)77(73(5-2)82-87-3)78(74)84(71)54-34-53-83(55-57-90-80(68-43-25-16-26-44-68,69-45-27-17-28-46-69)70-47-29-18-30-48-70)61-75(85)81-52-56-89-79(65-37-19-13-20-38-65,66-39-21-14-22-40-66)67-41-23-15-24-42-67/h13-30,32-33,35-48,50-51,58,71-72,74,77-78H,4-12,31,34,49,52-57,59-61H2,1-3H3,(H,81,85)/b82-73+/t71?,72-,74+,77+,78?/m1/s1. The minimum atomic E-state index is -0.498. The Bertz CT molecular complexity index is 3260. The number of thioether (sulfide) groups is 2. The quantitative estimate of drug-likeness (QED) is 0.0138. The second kappa shape index (κ2) is 33.9. The van der Waals surface area contributed by atoms with Gasteiger partial charge in [0.15, 0.2) is 0 Å². The van der Waals surface area contributed by atoms with E-state index in [1.807, 2.05) is 23.5 Å². The minimum Gasteiger partial charge on any atom is -0.461 e. The van der Waals surface area contributed by atoms with Gasteiger partial charge in [-0.25, -0.2) is 0 Å². The summed E-state index contributed by atoms with van der Waals surface area (Å²) in [5.74, 6) is 1.51. The highest BCUT2D eigenvalue weighted by Crippen LogP contribution is 2.52. The molecule has 470 valence electrons. The zero-order chi connectivity index (χ0) is 62.2. The summed E-state index contributed by atoms with van der Waals surface area (Å²) in [5, 5.41) is 10.7. The van der Waals surface area contributed by atoms with Gasteiger partial charge in [-0.3, -0.25) is 19.4 Å². The van der Waals surface area contributed by atoms with Crippen LogP contribution in [0.25, 0.3) is 10.8 Å². The molecule has 5 atom stereocenters. The monoisotopic (exact) mass is 1240 g/mol. The van der Waals surface area contributed by atoms with Crippen molar-refractivity contribution < 1.29 is 19.2 Å². The fourth-order valence-electron chi connectivity index (χ4n) is 14.6. The fourth-order valence-corrected chi connectivity index (χ4v) is 17.5. The zero-order valence-electron chi connectivity index (χ0n) is 53.4. The molecule has 2 heterocycles. The zero-order valence-corrected chi connectivity index (χ0v) is 55.0. The number of hydrogen-bond donors (Lipinski definition) is 1. The Kier molecular flexibility index (Phi) is 24.9. The summed E-state index contributed by atoms with van der Waals surface area (Å²) in [7, 11) is 1.65. The van der Waals surface area contributed by atoms with Gasteiger partial charge in [0.05, 0.1) is 27.8 Å². The lowest BCUT2D eigenvalue weighted by Crippen LogP contribution is -2.54. The van der Waals surface area contributed by atoms with Crippen LogP contribution < -0.4 is 5.32 Å². The number of benzene rings is 8. The Morgan fingerprint density at radius 2 is 1.03 bits per heavy atom. The van der Waals surface area contributed by atoms with Gasteiger partial charge in [0.1, 0.15) is 13.2 Å². The molecule has 0 radical (unpaired) electrons. The van der Waals surface area contributed by atoms with Crippen molar-refractivity contribution in [3.8, 4) is 0 Å². The van der Waals surface area contributed by atoms with Crippen LogP contribution in [0.3, 0.4) is 0 Å². The van der Waals surface area contributed by atoms with Crippen LogP contribution >= 0.6 is 23.5 Å². The Morgan fingerprint density at radius 3 is 1.53 bits per heavy atom. The summed E-state index contributed by atoms with van der Waals surface area (Å²) in [4.78, 5) is 39.6. The van der Waals surface area contributed by atoms with E-state index in [0.717, 1.165) is 63.0 Å². The van der Waals surface area contributed by atoms with Crippen molar-refractivity contribution in [3.05, 3.63) is 263 Å². The third kappa shape index (κ3) is 16.4. The lowest BCUT2D eigenvalue weighted by atomic mass is 9.72. The molecule has 1 N–H and O–H groups in total. The maximum atomic E-state index is 14.7. The van der Waals surface area contributed by atoms with Crippen molar-refractivity contribution in [2.45, 2.75) is 137 Å². The van der Waals surface area contributed by atoms with Crippen LogP contribution in [0.4, 0.5) is 0 Å². The van der Waals surface area contributed by atoms with Crippen LogP contribution in [-0.4, -0.2) is 96.9 Å². The van der Waals surface area contributed by atoms with Gasteiger partial charge in [0, 0.05) is 55.9 Å². The summed E-state index contributed by atoms with van der Waals surface area (Å²) in [6.45, 7) is 7.41. The highest BCUT2D eigenvalue weighted by atomic mass is 32.2. The van der Waals surface area contributed by atoms with E-state index in [9.17, 15) is 9.59 Å². The van der Waals surface area contributed by atoms with Gasteiger partial charge < -0.3 is 14.9 Å². The number of unbranched alkanes of at least 4 members (excludes halogenated alkanes) is 8. The minimum absolute atomic E-state index is 0.0180. The molecule has 8 aromatic carbocycles. The van der Waals surface area contributed by atoms with Crippen LogP contribution in [0.5, 0.6) is 0 Å². The van der Waals surface area contributed by atoms with Gasteiger partial charge in [-0.2, -0.15) is 0 Å². The third-order valence-electron chi connectivity index (χ3n) is 18.8. The smallest absolute Gasteiger partial charge is 0.306 e. The summed E-state index contributed by atoms with van der Waals surface area (Å²) in [6, 6.07) is 80.7. The molecule has 2 saturated heterocycles. The molecule has 0 saturated carbocycles. The number of esters is 1. The van der Waals surface area contributed by atoms with Crippen LogP contribution in [0.2, 0.25) is 0 Å². The first-order valence-electron chi connectivity index (χ1n) is 33.5. The largest absolute Gasteiger partial charge is 0.461 e. The Balaban J connectivity index is 0.905. The number of carbonyl (C=O) groups excluding carboxylic acids is 2. The number of nitrogens with one attached hydrogen (secondary N) is 1. The van der Waals surface area contributed by atoms with E-state index < -0.39 is 9.49 Å². The molecule has 2 unspecified atom stereocenters. The predicted molar refractivity (Wildman–Crippen MR) is 378 cm³/mol. The highest BCUT2D eigenvalue weighted by Gasteiger charge is 2.55. The van der Waals surface area contributed by atoms with Crippen LogP contribution in [0.1, 0.15) is 149 Å². The molecule has 1 amide bonds. The number of carbonyl (C=O) groups is 2. The average molecular weight is 1240 g/mol. The van der Waals surface area contributed by atoms with E-state index in [4.69, 9.17) is 14.7 Å². The molecule has 2 bridgehead atoms. The number of hydrogen-bond acceptors (Lipinski definition) is 9. The summed E-state index contributed by atoms with van der Waals surface area (Å²) < 4.78 is 5.77. The Labute approximate surface area is 546 Å². The molecule has 8 aromatic rings. The molecule has 2 aliphatic heterocycles. The van der Waals surface area contributed by atoms with Crippen molar-refractivity contribution in [1.82, 2.24) is 15.1 Å². The third-order valence-corrected chi connectivity index (χ3v) is 21.9. The van der Waals surface area contributed by atoms with Crippen LogP contribution in [-0.2, 0) is 28.7 Å². The first-order chi connectivity index (χ1) is 44.4. The number of nitrogens with zero attached hydrogens (tertiary/aromatic N) is 3. The van der Waals surface area contributed by atoms with Gasteiger partial charge >= 0.3 is 5.97 Å². The summed E-state index contributed by atoms with van der Waals surface area (Å²) >= 11 is 3.81. The van der Waals surface area contributed by atoms with Gasteiger partial charge in [-0.15, -0.1) is 23.5 Å². The average Bonchev–Trinajstić information content (AvgIpc) is 1.50. The van der Waals surface area contributed by atoms with Gasteiger partial charge in [-0.1, -0.05) is 295 Å². The second-order valence-corrected chi connectivity index (χ2v) is 27.2. The highest BCUT2D eigenvalue weighted by molar-refractivity contribution is 8.00. The maximum absolute atomic E-state index is 14.7. The van der Waals surface area contributed by atoms with Crippen molar-refractivity contribution in [2.24, 2.45) is 11.1 Å². The van der Waals surface area contributed by atoms with Crippen LogP contribution in [0.15, 0.2) is 230 Å². The summed E-state index contributed by atoms with van der Waals surface area (Å²) in [5.41, 5.74) is 9.56. The van der Waals surface area contributed by atoms with Crippen molar-refractivity contribution in [3.63, 3.8) is 0 Å². The molecular weight excluding hydrogens is 1150 g/mol. The lowest BCUT2D eigenvalue weighted by molar-refractivity contribution is -0.151. The molecule has 10 heteroatoms. The number of ether oxygens (including phenoxy) is 1. The number of fused-ring (bicyclic) bond motifs is 3. The van der Waals surface area contributed by atoms with Gasteiger partial charge in [0.25, 0.3) is 0 Å². The molecule has 2 fully saturated rings.